The second kappa shape index (κ2) is 19.3. The van der Waals surface area contributed by atoms with E-state index in [9.17, 15) is 14.7 Å². The highest BCUT2D eigenvalue weighted by molar-refractivity contribution is 6.43. The molecule has 0 aliphatic carbocycles. The number of ether oxygens (including phenoxy) is 6. The first-order valence-electron chi connectivity index (χ1n) is 16.3. The molecule has 1 aliphatic rings. The molecule has 268 valence electrons. The first-order chi connectivity index (χ1) is 22.9. The van der Waals surface area contributed by atoms with Gasteiger partial charge in [-0.15, -0.1) is 0 Å². The zero-order valence-electron chi connectivity index (χ0n) is 28.9. The van der Waals surface area contributed by atoms with Crippen molar-refractivity contribution in [2.24, 2.45) is 0 Å². The van der Waals surface area contributed by atoms with Crippen molar-refractivity contribution in [3.8, 4) is 23.0 Å². The number of halogens is 2. The molecule has 3 rings (SSSR count). The smallest absolute Gasteiger partial charge is 0.338 e. The summed E-state index contributed by atoms with van der Waals surface area (Å²) in [5, 5.41) is 9.59. The zero-order valence-corrected chi connectivity index (χ0v) is 30.5. The maximum atomic E-state index is 13.5. The van der Waals surface area contributed by atoms with E-state index in [1.807, 2.05) is 0 Å². The molecule has 0 saturated carbocycles. The van der Waals surface area contributed by atoms with E-state index in [0.717, 1.165) is 52.1 Å². The molecule has 2 aromatic carbocycles. The normalized spacial score (nSPS) is 14.9. The van der Waals surface area contributed by atoms with Crippen molar-refractivity contribution in [3.05, 3.63) is 45.4 Å². The molecule has 1 aliphatic heterocycles. The molecule has 1 unspecified atom stereocenters. The van der Waals surface area contributed by atoms with Crippen LogP contribution in [0.5, 0.6) is 23.0 Å². The van der Waals surface area contributed by atoms with Crippen LogP contribution in [0.4, 0.5) is 0 Å². The maximum Gasteiger partial charge on any atom is 0.338 e. The van der Waals surface area contributed by atoms with Gasteiger partial charge >= 0.3 is 11.9 Å². The standard InChI is InChI=1S/C35H50Cl2N2O9/c1-35(2,3)48-34(42)24-20-27(36)31(37)28(21-24)46-19-7-10-26(11-15-39-13-8-12-38(16-17-39)14-9-18-40)47-33(41)25-22-29(43-4)32(45-6)30(23-25)44-5/h20-23,26,40H,7-19H2,1-6H3. The summed E-state index contributed by atoms with van der Waals surface area (Å²) in [6, 6.07) is 6.12. The zero-order chi connectivity index (χ0) is 35.3. The lowest BCUT2D eigenvalue weighted by Gasteiger charge is -2.25. The Morgan fingerprint density at radius 3 is 2.00 bits per heavy atom. The molecule has 1 N–H and O–H groups in total. The number of carbonyl (C=O) groups is 2. The molecule has 0 bridgehead atoms. The number of methoxy groups -OCH3 is 3. The van der Waals surface area contributed by atoms with Crippen LogP contribution < -0.4 is 18.9 Å². The van der Waals surface area contributed by atoms with Crippen LogP contribution >= 0.6 is 23.2 Å². The second-order valence-corrected chi connectivity index (χ2v) is 13.4. The van der Waals surface area contributed by atoms with E-state index in [4.69, 9.17) is 51.6 Å². The lowest BCUT2D eigenvalue weighted by molar-refractivity contribution is 0.00686. The highest BCUT2D eigenvalue weighted by Crippen LogP contribution is 2.38. The third-order valence-electron chi connectivity index (χ3n) is 7.81. The topological polar surface area (TPSA) is 116 Å². The monoisotopic (exact) mass is 712 g/mol. The van der Waals surface area contributed by atoms with E-state index >= 15 is 0 Å². The van der Waals surface area contributed by atoms with Gasteiger partial charge in [0, 0.05) is 32.8 Å². The molecule has 0 amide bonds. The van der Waals surface area contributed by atoms with Crippen LogP contribution in [0.15, 0.2) is 24.3 Å². The summed E-state index contributed by atoms with van der Waals surface area (Å²) >= 11 is 12.7. The lowest BCUT2D eigenvalue weighted by Crippen LogP contribution is -2.34. The molecule has 13 heteroatoms. The molecule has 1 atom stereocenters. The molecular weight excluding hydrogens is 663 g/mol. The van der Waals surface area contributed by atoms with Crippen molar-refractivity contribution >= 4 is 35.1 Å². The predicted octanol–water partition coefficient (Wildman–Crippen LogP) is 6.14. The van der Waals surface area contributed by atoms with E-state index in [-0.39, 0.29) is 40.1 Å². The first-order valence-corrected chi connectivity index (χ1v) is 17.1. The van der Waals surface area contributed by atoms with Crippen molar-refractivity contribution in [3.63, 3.8) is 0 Å². The molecule has 11 nitrogen and oxygen atoms in total. The van der Waals surface area contributed by atoms with Crippen LogP contribution in [0, 0.1) is 0 Å². The number of rotatable bonds is 17. The average Bonchev–Trinajstić information content (AvgIpc) is 3.29. The van der Waals surface area contributed by atoms with Gasteiger partial charge in [0.05, 0.1) is 44.1 Å². The van der Waals surface area contributed by atoms with E-state index in [0.29, 0.717) is 36.5 Å². The highest BCUT2D eigenvalue weighted by Gasteiger charge is 2.24. The SMILES string of the molecule is COc1cc(C(=O)OC(CCCOc2cc(C(=O)OC(C)(C)C)cc(Cl)c2Cl)CCN2CCCN(CCCO)CC2)cc(OC)c1OC. The Morgan fingerprint density at radius 1 is 0.812 bits per heavy atom. The van der Waals surface area contributed by atoms with Gasteiger partial charge < -0.3 is 43.3 Å². The molecule has 48 heavy (non-hydrogen) atoms. The minimum Gasteiger partial charge on any atom is -0.493 e. The van der Waals surface area contributed by atoms with Gasteiger partial charge in [0.1, 0.15) is 22.5 Å². The summed E-state index contributed by atoms with van der Waals surface area (Å²) in [6.45, 7) is 11.2. The average molecular weight is 714 g/mol. The Kier molecular flexibility index (Phi) is 15.9. The first kappa shape index (κ1) is 39.5. The number of carbonyl (C=O) groups excluding carboxylic acids is 2. The van der Waals surface area contributed by atoms with Crippen LogP contribution in [-0.2, 0) is 9.47 Å². The number of esters is 2. The summed E-state index contributed by atoms with van der Waals surface area (Å²) in [6.07, 6.45) is 3.05. The molecule has 1 fully saturated rings. The Balaban J connectivity index is 1.70. The Bertz CT molecular complexity index is 1330. The van der Waals surface area contributed by atoms with Gasteiger partial charge in [0.25, 0.3) is 0 Å². The Morgan fingerprint density at radius 2 is 1.42 bits per heavy atom. The van der Waals surface area contributed by atoms with E-state index in [1.54, 1.807) is 32.9 Å². The van der Waals surface area contributed by atoms with Crippen LogP contribution in [0.1, 0.15) is 73.6 Å². The Hall–Kier alpha value is -2.96. The van der Waals surface area contributed by atoms with E-state index in [2.05, 4.69) is 9.80 Å². The summed E-state index contributed by atoms with van der Waals surface area (Å²) in [7, 11) is 4.48. The van der Waals surface area contributed by atoms with Crippen molar-refractivity contribution in [2.45, 2.75) is 64.6 Å². The Labute approximate surface area is 294 Å². The quantitative estimate of drug-likeness (QED) is 0.151. The van der Waals surface area contributed by atoms with Gasteiger partial charge in [0.15, 0.2) is 11.5 Å². The molecule has 2 aromatic rings. The number of nitrogens with zero attached hydrogens (tertiary/aromatic N) is 2. The van der Waals surface area contributed by atoms with Crippen LogP contribution in [0.3, 0.4) is 0 Å². The van der Waals surface area contributed by atoms with Crippen LogP contribution in [0.2, 0.25) is 10.0 Å². The summed E-state index contributed by atoms with van der Waals surface area (Å²) in [4.78, 5) is 30.9. The van der Waals surface area contributed by atoms with Gasteiger partial charge in [-0.2, -0.15) is 0 Å². The third kappa shape index (κ3) is 12.2. The summed E-state index contributed by atoms with van der Waals surface area (Å²) < 4.78 is 33.8. The minimum absolute atomic E-state index is 0.180. The van der Waals surface area contributed by atoms with E-state index < -0.39 is 23.6 Å². The van der Waals surface area contributed by atoms with Gasteiger partial charge in [-0.3, -0.25) is 0 Å². The largest absolute Gasteiger partial charge is 0.493 e. The molecule has 0 aromatic heterocycles. The molecule has 1 saturated heterocycles. The van der Waals surface area contributed by atoms with Crippen molar-refractivity contribution in [1.29, 1.82) is 0 Å². The molecule has 0 radical (unpaired) electrons. The highest BCUT2D eigenvalue weighted by atomic mass is 35.5. The van der Waals surface area contributed by atoms with Crippen molar-refractivity contribution < 1.29 is 43.1 Å². The molecular formula is C35H50Cl2N2O9. The fourth-order valence-corrected chi connectivity index (χ4v) is 5.76. The number of benzene rings is 2. The lowest BCUT2D eigenvalue weighted by atomic mass is 10.1. The summed E-state index contributed by atoms with van der Waals surface area (Å²) in [5.41, 5.74) is -0.162. The fourth-order valence-electron chi connectivity index (χ4n) is 5.39. The fraction of sp³-hybridized carbons (Fsp3) is 0.600. The maximum absolute atomic E-state index is 13.5. The van der Waals surface area contributed by atoms with Crippen molar-refractivity contribution in [1.82, 2.24) is 9.80 Å². The predicted molar refractivity (Wildman–Crippen MR) is 185 cm³/mol. The number of aliphatic hydroxyl groups excluding tert-OH is 1. The molecule has 1 heterocycles. The van der Waals surface area contributed by atoms with Crippen LogP contribution in [0.25, 0.3) is 0 Å². The molecule has 0 spiro atoms. The summed E-state index contributed by atoms with van der Waals surface area (Å²) in [5.74, 6) is 0.322. The number of hydrogen-bond acceptors (Lipinski definition) is 11. The number of hydrogen-bond donors (Lipinski definition) is 1. The van der Waals surface area contributed by atoms with Crippen molar-refractivity contribution in [2.75, 3.05) is 73.8 Å². The van der Waals surface area contributed by atoms with Gasteiger partial charge in [-0.25, -0.2) is 9.59 Å². The van der Waals surface area contributed by atoms with Gasteiger partial charge in [-0.1, -0.05) is 23.2 Å². The minimum atomic E-state index is -0.675. The van der Waals surface area contributed by atoms with E-state index in [1.165, 1.54) is 33.5 Å². The van der Waals surface area contributed by atoms with Gasteiger partial charge in [0.2, 0.25) is 5.75 Å². The van der Waals surface area contributed by atoms with Gasteiger partial charge in [-0.05, 0) is 90.2 Å². The van der Waals surface area contributed by atoms with Crippen LogP contribution in [-0.4, -0.2) is 112 Å². The number of aliphatic hydroxyl groups is 1. The third-order valence-corrected chi connectivity index (χ3v) is 8.60. The second-order valence-electron chi connectivity index (χ2n) is 12.6.